The Morgan fingerprint density at radius 1 is 1.06 bits per heavy atom. The van der Waals surface area contributed by atoms with Gasteiger partial charge in [0.25, 0.3) is 5.91 Å². The van der Waals surface area contributed by atoms with Crippen LogP contribution in [0.2, 0.25) is 10.3 Å². The van der Waals surface area contributed by atoms with Gasteiger partial charge in [-0.15, -0.1) is 6.58 Å². The third-order valence-corrected chi connectivity index (χ3v) is 10.4. The summed E-state index contributed by atoms with van der Waals surface area (Å²) >= 11 is 11.8. The Morgan fingerprint density at radius 2 is 1.67 bits per heavy atom. The maximum Gasteiger partial charge on any atom is 0.411 e. The van der Waals surface area contributed by atoms with E-state index in [9.17, 15) is 32.4 Å². The van der Waals surface area contributed by atoms with Gasteiger partial charge in [-0.2, -0.15) is 0 Å². The molecule has 5 atom stereocenters. The molecule has 0 bridgehead atoms. The van der Waals surface area contributed by atoms with Crippen LogP contribution in [0.5, 0.6) is 0 Å². The molecule has 4 N–H and O–H groups in total. The van der Waals surface area contributed by atoms with Gasteiger partial charge < -0.3 is 25.0 Å². The Labute approximate surface area is 295 Å². The number of sulfonamides is 1. The molecule has 15 nitrogen and oxygen atoms in total. The molecule has 1 aromatic heterocycles. The van der Waals surface area contributed by atoms with E-state index in [2.05, 4.69) is 32.2 Å². The minimum atomic E-state index is -3.93. The number of halogens is 2. The Hall–Kier alpha value is -3.63. The lowest BCUT2D eigenvalue weighted by atomic mass is 9.85. The Morgan fingerprint density at radius 3 is 2.18 bits per heavy atom. The fraction of sp³-hybridized carbons (Fsp3) is 0.613. The van der Waals surface area contributed by atoms with E-state index in [0.29, 0.717) is 12.8 Å². The Balaban J connectivity index is 1.59. The van der Waals surface area contributed by atoms with Crippen molar-refractivity contribution in [2.24, 2.45) is 11.3 Å². The average molecular weight is 746 g/mol. The number of aromatic nitrogens is 1. The number of ether oxygens (including phenoxy) is 2. The number of carbonyl (C=O) groups is 5. The molecule has 49 heavy (non-hydrogen) atoms. The number of hydrogen-bond acceptors (Lipinski definition) is 10. The SMILES string of the molecule is C=CC1CC1(NC(=O)[C@@H]1C[C@@H](OC(=O)Nc2cc(Cl)nc(Cl)c2)CN1C(=O)[C@@H](NC(=O)OC(C)(C)C)C(C)(C)C)C(=O)NS(=O)(=O)C1CC1. The molecule has 2 unspecified atom stereocenters. The zero-order valence-electron chi connectivity index (χ0n) is 28.1. The molecule has 3 fully saturated rings. The first kappa shape index (κ1) is 38.2. The lowest BCUT2D eigenvalue weighted by molar-refractivity contribution is -0.143. The van der Waals surface area contributed by atoms with Gasteiger partial charge in [-0.05, 0) is 57.6 Å². The summed E-state index contributed by atoms with van der Waals surface area (Å²) in [4.78, 5) is 72.2. The van der Waals surface area contributed by atoms with Crippen molar-refractivity contribution in [1.82, 2.24) is 25.2 Å². The monoisotopic (exact) mass is 744 g/mol. The number of likely N-dealkylation sites (tertiary alicyclic amines) is 1. The molecule has 3 aliphatic rings. The molecule has 18 heteroatoms. The standard InChI is InChI=1S/C31H42Cl2N6O9S/c1-8-16-14-31(16,26(42)38-49(45,46)19-9-10-19)37-24(40)20-13-18(47-27(43)34-17-11-21(32)35-22(33)12-17)15-39(20)25(41)23(29(2,3)4)36-28(44)48-30(5,6)7/h8,11-12,16,18-20,23H,1,9-10,13-15H2,2-7H3,(H,36,44)(H,37,40)(H,38,42)(H,34,35,43)/t16?,18-,20+,23-,31?/m1/s1. The third kappa shape index (κ3) is 9.54. The highest BCUT2D eigenvalue weighted by atomic mass is 35.5. The molecular formula is C31H42Cl2N6O9S. The maximum absolute atomic E-state index is 14.2. The van der Waals surface area contributed by atoms with Gasteiger partial charge in [0, 0.05) is 12.3 Å². The van der Waals surface area contributed by atoms with E-state index < -0.39 is 85.8 Å². The summed E-state index contributed by atoms with van der Waals surface area (Å²) < 4.78 is 38.2. The molecule has 1 aromatic rings. The van der Waals surface area contributed by atoms with Crippen molar-refractivity contribution in [2.75, 3.05) is 11.9 Å². The number of amides is 5. The van der Waals surface area contributed by atoms with Crippen LogP contribution in [0.3, 0.4) is 0 Å². The number of hydrogen-bond donors (Lipinski definition) is 4. The van der Waals surface area contributed by atoms with Crippen LogP contribution in [0, 0.1) is 11.3 Å². The Bertz CT molecular complexity index is 1620. The van der Waals surface area contributed by atoms with Crippen molar-refractivity contribution >= 4 is 68.8 Å². The van der Waals surface area contributed by atoms with E-state index in [1.165, 1.54) is 23.1 Å². The van der Waals surface area contributed by atoms with Gasteiger partial charge in [-0.3, -0.25) is 24.4 Å². The van der Waals surface area contributed by atoms with Crippen LogP contribution in [0.15, 0.2) is 24.8 Å². The Kier molecular flexibility index (Phi) is 10.9. The number of pyridine rings is 1. The topological polar surface area (TPSA) is 202 Å². The molecule has 0 spiro atoms. The summed E-state index contributed by atoms with van der Waals surface area (Å²) in [5, 5.41) is 7.11. The maximum atomic E-state index is 14.2. The van der Waals surface area contributed by atoms with E-state index in [1.807, 2.05) is 0 Å². The van der Waals surface area contributed by atoms with Crippen molar-refractivity contribution in [3.05, 3.63) is 35.1 Å². The zero-order valence-corrected chi connectivity index (χ0v) is 30.4. The zero-order chi connectivity index (χ0) is 36.7. The summed E-state index contributed by atoms with van der Waals surface area (Å²) in [7, 11) is -3.93. The predicted molar refractivity (Wildman–Crippen MR) is 180 cm³/mol. The molecule has 5 amide bonds. The van der Waals surface area contributed by atoms with Crippen molar-refractivity contribution in [3.63, 3.8) is 0 Å². The lowest BCUT2D eigenvalue weighted by Gasteiger charge is -2.36. The summed E-state index contributed by atoms with van der Waals surface area (Å²) in [5.41, 5.74) is -3.18. The summed E-state index contributed by atoms with van der Waals surface area (Å²) in [6.45, 7) is 13.6. The molecule has 2 saturated carbocycles. The molecule has 0 radical (unpaired) electrons. The minimum absolute atomic E-state index is 0.0173. The van der Waals surface area contributed by atoms with Crippen LogP contribution in [0.25, 0.3) is 0 Å². The van der Waals surface area contributed by atoms with Crippen LogP contribution in [-0.2, 0) is 33.9 Å². The van der Waals surface area contributed by atoms with Crippen molar-refractivity contribution in [3.8, 4) is 0 Å². The molecular weight excluding hydrogens is 703 g/mol. The lowest BCUT2D eigenvalue weighted by Crippen LogP contribution is -2.60. The summed E-state index contributed by atoms with van der Waals surface area (Å²) in [6.07, 6.45) is -0.641. The van der Waals surface area contributed by atoms with E-state index in [0.717, 1.165) is 0 Å². The summed E-state index contributed by atoms with van der Waals surface area (Å²) in [5.74, 6) is -2.96. The van der Waals surface area contributed by atoms with Crippen molar-refractivity contribution < 1.29 is 41.9 Å². The van der Waals surface area contributed by atoms with Gasteiger partial charge in [0.1, 0.15) is 39.6 Å². The first-order valence-electron chi connectivity index (χ1n) is 15.7. The highest BCUT2D eigenvalue weighted by Gasteiger charge is 2.62. The van der Waals surface area contributed by atoms with E-state index >= 15 is 0 Å². The van der Waals surface area contributed by atoms with Gasteiger partial charge in [0.2, 0.25) is 21.8 Å². The third-order valence-electron chi connectivity index (χ3n) is 8.15. The predicted octanol–water partition coefficient (Wildman–Crippen LogP) is 3.52. The molecule has 270 valence electrons. The number of nitrogens with zero attached hydrogens (tertiary/aromatic N) is 2. The van der Waals surface area contributed by atoms with Crippen LogP contribution >= 0.6 is 23.2 Å². The number of alkyl carbamates (subject to hydrolysis) is 1. The van der Waals surface area contributed by atoms with E-state index in [4.69, 9.17) is 32.7 Å². The first-order chi connectivity index (χ1) is 22.5. The van der Waals surface area contributed by atoms with Gasteiger partial charge >= 0.3 is 12.2 Å². The molecule has 4 rings (SSSR count). The smallest absolute Gasteiger partial charge is 0.411 e. The molecule has 2 heterocycles. The molecule has 0 aromatic carbocycles. The van der Waals surface area contributed by atoms with E-state index in [-0.39, 0.29) is 35.4 Å². The highest BCUT2D eigenvalue weighted by molar-refractivity contribution is 7.91. The second-order valence-corrected chi connectivity index (χ2v) is 17.3. The van der Waals surface area contributed by atoms with Crippen LogP contribution < -0.4 is 20.7 Å². The van der Waals surface area contributed by atoms with Gasteiger partial charge in [0.05, 0.1) is 17.5 Å². The van der Waals surface area contributed by atoms with Crippen LogP contribution in [0.1, 0.15) is 67.2 Å². The number of carbonyl (C=O) groups excluding carboxylic acids is 5. The summed E-state index contributed by atoms with van der Waals surface area (Å²) in [6, 6.07) is 0.182. The first-order valence-corrected chi connectivity index (χ1v) is 18.0. The van der Waals surface area contributed by atoms with Crippen molar-refractivity contribution in [2.45, 2.75) is 102 Å². The minimum Gasteiger partial charge on any atom is -0.444 e. The quantitative estimate of drug-likeness (QED) is 0.203. The molecule has 1 saturated heterocycles. The van der Waals surface area contributed by atoms with Crippen LogP contribution in [0.4, 0.5) is 15.3 Å². The number of nitrogens with one attached hydrogen (secondary N) is 4. The van der Waals surface area contributed by atoms with Gasteiger partial charge in [-0.25, -0.2) is 23.0 Å². The number of anilines is 1. The van der Waals surface area contributed by atoms with Crippen molar-refractivity contribution in [1.29, 1.82) is 0 Å². The number of rotatable bonds is 10. The second-order valence-electron chi connectivity index (χ2n) is 14.5. The molecule has 1 aliphatic heterocycles. The van der Waals surface area contributed by atoms with E-state index in [1.54, 1.807) is 41.5 Å². The average Bonchev–Trinajstić information content (AvgIpc) is 3.86. The second kappa shape index (κ2) is 13.9. The fourth-order valence-corrected chi connectivity index (χ4v) is 7.29. The van der Waals surface area contributed by atoms with Gasteiger partial charge in [-0.1, -0.05) is 50.0 Å². The van der Waals surface area contributed by atoms with Crippen LogP contribution in [-0.4, -0.2) is 89.3 Å². The normalized spacial score (nSPS) is 24.2. The molecule has 2 aliphatic carbocycles. The highest BCUT2D eigenvalue weighted by Crippen LogP contribution is 2.45. The largest absolute Gasteiger partial charge is 0.444 e. The fourth-order valence-electron chi connectivity index (χ4n) is 5.47. The van der Waals surface area contributed by atoms with Gasteiger partial charge in [0.15, 0.2) is 0 Å².